The molecule has 4 heteroatoms. The highest BCUT2D eigenvalue weighted by atomic mass is 16.5. The highest BCUT2D eigenvalue weighted by Gasteiger charge is 2.41. The maximum atomic E-state index is 9.02. The molecule has 1 aliphatic rings. The first-order valence-corrected chi connectivity index (χ1v) is 6.69. The Bertz CT molecular complexity index is 450. The Hall–Kier alpha value is -1.57. The van der Waals surface area contributed by atoms with Crippen molar-refractivity contribution >= 4 is 0 Å². The van der Waals surface area contributed by atoms with E-state index in [4.69, 9.17) is 15.1 Å². The van der Waals surface area contributed by atoms with Crippen molar-refractivity contribution in [2.24, 2.45) is 5.41 Å². The van der Waals surface area contributed by atoms with E-state index in [0.717, 1.165) is 30.8 Å². The second-order valence-corrected chi connectivity index (χ2v) is 5.13. The van der Waals surface area contributed by atoms with Crippen LogP contribution in [0, 0.1) is 16.7 Å². The largest absolute Gasteiger partial charge is 0.478 e. The van der Waals surface area contributed by atoms with E-state index >= 15 is 0 Å². The summed E-state index contributed by atoms with van der Waals surface area (Å²) in [4.78, 5) is 0. The average Bonchev–Trinajstić information content (AvgIpc) is 3.18. The summed E-state index contributed by atoms with van der Waals surface area (Å²) in [5.41, 5.74) is 1.38. The van der Waals surface area contributed by atoms with Gasteiger partial charge in [0.05, 0.1) is 0 Å². The van der Waals surface area contributed by atoms with Crippen LogP contribution in [-0.4, -0.2) is 24.9 Å². The van der Waals surface area contributed by atoms with Crippen LogP contribution in [0.4, 0.5) is 0 Å². The summed E-state index contributed by atoms with van der Waals surface area (Å²) >= 11 is 0. The molecule has 0 unspecified atom stereocenters. The second-order valence-electron chi connectivity index (χ2n) is 5.13. The quantitative estimate of drug-likeness (QED) is 0.748. The Labute approximate surface area is 114 Å². The van der Waals surface area contributed by atoms with E-state index in [0.29, 0.717) is 5.41 Å². The molecule has 1 aromatic carbocycles. The molecule has 1 fully saturated rings. The number of hydrogen-bond acceptors (Lipinski definition) is 4. The van der Waals surface area contributed by atoms with Gasteiger partial charge in [0.15, 0.2) is 6.61 Å². The summed E-state index contributed by atoms with van der Waals surface area (Å²) in [6.07, 6.45) is 3.28. The molecule has 102 valence electrons. The first kappa shape index (κ1) is 13.9. The van der Waals surface area contributed by atoms with Crippen molar-refractivity contribution in [3.8, 4) is 11.8 Å². The number of nitrogens with zero attached hydrogens (tertiary/aromatic N) is 1. The molecular weight excluding hydrogens is 240 g/mol. The lowest BCUT2D eigenvalue weighted by Crippen LogP contribution is -2.24. The van der Waals surface area contributed by atoms with Gasteiger partial charge in [0, 0.05) is 25.3 Å². The van der Waals surface area contributed by atoms with Gasteiger partial charge in [0.25, 0.3) is 0 Å². The highest BCUT2D eigenvalue weighted by Crippen LogP contribution is 2.47. The predicted octanol–water partition coefficient (Wildman–Crippen LogP) is 1.84. The molecule has 1 saturated carbocycles. The van der Waals surface area contributed by atoms with Gasteiger partial charge in [-0.3, -0.25) is 0 Å². The maximum absolute atomic E-state index is 9.02. The number of nitrogens with one attached hydrogen (secondary N) is 1. The minimum atomic E-state index is 0.0749. The van der Waals surface area contributed by atoms with Gasteiger partial charge in [-0.1, -0.05) is 18.2 Å². The van der Waals surface area contributed by atoms with E-state index < -0.39 is 0 Å². The Balaban J connectivity index is 1.84. The predicted molar refractivity (Wildman–Crippen MR) is 72.6 cm³/mol. The van der Waals surface area contributed by atoms with Crippen molar-refractivity contribution in [1.82, 2.24) is 5.32 Å². The Kier molecular flexibility index (Phi) is 4.78. The van der Waals surface area contributed by atoms with Gasteiger partial charge in [-0.05, 0) is 30.7 Å². The summed E-state index contributed by atoms with van der Waals surface area (Å²) in [5, 5.41) is 21.0. The van der Waals surface area contributed by atoms with Gasteiger partial charge in [0.1, 0.15) is 11.8 Å². The number of benzene rings is 1. The van der Waals surface area contributed by atoms with Gasteiger partial charge in [-0.15, -0.1) is 0 Å². The lowest BCUT2D eigenvalue weighted by molar-refractivity contribution is 0.245. The Morgan fingerprint density at radius 1 is 1.37 bits per heavy atom. The van der Waals surface area contributed by atoms with Crippen LogP contribution in [0.25, 0.3) is 0 Å². The van der Waals surface area contributed by atoms with Crippen molar-refractivity contribution in [2.45, 2.75) is 25.8 Å². The molecule has 0 spiro atoms. The molecule has 1 aromatic rings. The Morgan fingerprint density at radius 3 is 2.84 bits per heavy atom. The van der Waals surface area contributed by atoms with E-state index in [-0.39, 0.29) is 13.2 Å². The minimum Gasteiger partial charge on any atom is -0.478 e. The van der Waals surface area contributed by atoms with Gasteiger partial charge >= 0.3 is 0 Å². The number of nitriles is 1. The topological polar surface area (TPSA) is 65.3 Å². The van der Waals surface area contributed by atoms with E-state index in [1.807, 2.05) is 30.3 Å². The molecule has 0 radical (unpaired) electrons. The van der Waals surface area contributed by atoms with Gasteiger partial charge < -0.3 is 15.2 Å². The lowest BCUT2D eigenvalue weighted by Gasteiger charge is -2.15. The molecule has 0 saturated heterocycles. The fraction of sp³-hybridized carbons (Fsp3) is 0.533. The first-order valence-electron chi connectivity index (χ1n) is 6.69. The average molecular weight is 260 g/mol. The molecule has 0 atom stereocenters. The zero-order valence-corrected chi connectivity index (χ0v) is 11.1. The number of aliphatic hydroxyl groups is 1. The molecule has 0 bridgehead atoms. The third-order valence-electron chi connectivity index (χ3n) is 3.68. The maximum Gasteiger partial charge on any atom is 0.174 e. The molecular formula is C15H20N2O2. The van der Waals surface area contributed by atoms with Crippen molar-refractivity contribution in [3.05, 3.63) is 29.8 Å². The van der Waals surface area contributed by atoms with Crippen LogP contribution in [0.2, 0.25) is 0 Å². The van der Waals surface area contributed by atoms with E-state index in [1.165, 1.54) is 12.8 Å². The van der Waals surface area contributed by atoms with Crippen molar-refractivity contribution in [2.75, 3.05) is 19.8 Å². The molecule has 19 heavy (non-hydrogen) atoms. The number of aliphatic hydroxyl groups excluding tert-OH is 1. The SMILES string of the molecule is N#CCOc1ccccc1CNCC1(CCO)CC1. The lowest BCUT2D eigenvalue weighted by atomic mass is 10.0. The number of ether oxygens (including phenoxy) is 1. The zero-order chi connectivity index (χ0) is 13.6. The fourth-order valence-electron chi connectivity index (χ4n) is 2.29. The van der Waals surface area contributed by atoms with Gasteiger partial charge in [0.2, 0.25) is 0 Å². The molecule has 2 rings (SSSR count). The first-order chi connectivity index (χ1) is 9.29. The molecule has 2 N–H and O–H groups in total. The summed E-state index contributed by atoms with van der Waals surface area (Å²) < 4.78 is 5.39. The van der Waals surface area contributed by atoms with E-state index in [1.54, 1.807) is 0 Å². The van der Waals surface area contributed by atoms with Crippen molar-refractivity contribution in [3.63, 3.8) is 0 Å². The number of rotatable bonds is 8. The summed E-state index contributed by atoms with van der Waals surface area (Å²) in [7, 11) is 0. The Morgan fingerprint density at radius 2 is 2.16 bits per heavy atom. The smallest absolute Gasteiger partial charge is 0.174 e. The molecule has 4 nitrogen and oxygen atoms in total. The van der Waals surface area contributed by atoms with Crippen LogP contribution in [0.3, 0.4) is 0 Å². The van der Waals surface area contributed by atoms with Crippen LogP contribution in [-0.2, 0) is 6.54 Å². The zero-order valence-electron chi connectivity index (χ0n) is 11.1. The van der Waals surface area contributed by atoms with Gasteiger partial charge in [-0.25, -0.2) is 0 Å². The standard InChI is InChI=1S/C15H20N2O2/c16-8-10-19-14-4-2-1-3-13(14)11-17-12-15(5-6-15)7-9-18/h1-4,17-18H,5-7,9-12H2. The number of para-hydroxylation sites is 1. The van der Waals surface area contributed by atoms with Crippen LogP contribution >= 0.6 is 0 Å². The van der Waals surface area contributed by atoms with E-state index in [2.05, 4.69) is 5.32 Å². The fourth-order valence-corrected chi connectivity index (χ4v) is 2.29. The molecule has 1 aliphatic carbocycles. The van der Waals surface area contributed by atoms with Gasteiger partial charge in [-0.2, -0.15) is 5.26 Å². The second kappa shape index (κ2) is 6.55. The molecule has 0 heterocycles. The molecule has 0 aromatic heterocycles. The normalized spacial score (nSPS) is 15.8. The van der Waals surface area contributed by atoms with Crippen LogP contribution < -0.4 is 10.1 Å². The third kappa shape index (κ3) is 3.95. The molecule has 0 aliphatic heterocycles. The highest BCUT2D eigenvalue weighted by molar-refractivity contribution is 5.33. The summed E-state index contributed by atoms with van der Waals surface area (Å²) in [5.74, 6) is 0.767. The van der Waals surface area contributed by atoms with E-state index in [9.17, 15) is 0 Å². The molecule has 0 amide bonds. The van der Waals surface area contributed by atoms with Crippen LogP contribution in [0.15, 0.2) is 24.3 Å². The van der Waals surface area contributed by atoms with Crippen LogP contribution in [0.5, 0.6) is 5.75 Å². The number of hydrogen-bond donors (Lipinski definition) is 2. The van der Waals surface area contributed by atoms with Crippen molar-refractivity contribution < 1.29 is 9.84 Å². The third-order valence-corrected chi connectivity index (χ3v) is 3.68. The summed E-state index contributed by atoms with van der Waals surface area (Å²) in [6, 6.07) is 9.75. The monoisotopic (exact) mass is 260 g/mol. The minimum absolute atomic E-state index is 0.0749. The summed E-state index contributed by atoms with van der Waals surface area (Å²) in [6.45, 7) is 2.00. The van der Waals surface area contributed by atoms with Crippen LogP contribution in [0.1, 0.15) is 24.8 Å². The van der Waals surface area contributed by atoms with Crippen molar-refractivity contribution in [1.29, 1.82) is 5.26 Å².